The highest BCUT2D eigenvalue weighted by Crippen LogP contribution is 2.34. The molecule has 1 fully saturated rings. The topological polar surface area (TPSA) is 77.7 Å². The SMILES string of the molecule is CC(C)c1[nH]nc(C(=O)N2CCCC2c2nc3ccccc3[nH]2)c1Br. The maximum absolute atomic E-state index is 13.1. The average Bonchev–Trinajstić information content (AvgIpc) is 3.31. The molecule has 3 aromatic rings. The molecule has 7 heteroatoms. The molecule has 1 saturated heterocycles. The number of carbonyl (C=O) groups excluding carboxylic acids is 1. The fraction of sp³-hybridized carbons (Fsp3) is 0.389. The summed E-state index contributed by atoms with van der Waals surface area (Å²) in [6, 6.07) is 7.91. The number of halogens is 1. The van der Waals surface area contributed by atoms with Crippen molar-refractivity contribution in [1.29, 1.82) is 0 Å². The van der Waals surface area contributed by atoms with E-state index in [1.807, 2.05) is 29.2 Å². The molecule has 0 spiro atoms. The number of nitrogens with zero attached hydrogens (tertiary/aromatic N) is 3. The van der Waals surface area contributed by atoms with Crippen molar-refractivity contribution >= 4 is 32.9 Å². The number of imidazole rings is 1. The predicted octanol–water partition coefficient (Wildman–Crippen LogP) is 4.15. The second-order valence-corrected chi connectivity index (χ2v) is 7.54. The molecular formula is C18H20BrN5O. The number of hydrogen-bond acceptors (Lipinski definition) is 3. The Morgan fingerprint density at radius 2 is 2.16 bits per heavy atom. The summed E-state index contributed by atoms with van der Waals surface area (Å²) in [5.74, 6) is 1.06. The molecule has 25 heavy (non-hydrogen) atoms. The van der Waals surface area contributed by atoms with Crippen LogP contribution in [0.3, 0.4) is 0 Å². The first-order chi connectivity index (χ1) is 12.1. The minimum absolute atomic E-state index is 0.0361. The van der Waals surface area contributed by atoms with Gasteiger partial charge in [0.25, 0.3) is 5.91 Å². The molecular weight excluding hydrogens is 382 g/mol. The molecule has 2 N–H and O–H groups in total. The summed E-state index contributed by atoms with van der Waals surface area (Å²) < 4.78 is 0.766. The Labute approximate surface area is 154 Å². The lowest BCUT2D eigenvalue weighted by molar-refractivity contribution is 0.0723. The van der Waals surface area contributed by atoms with Crippen LogP contribution in [-0.4, -0.2) is 37.5 Å². The molecule has 1 unspecified atom stereocenters. The highest BCUT2D eigenvalue weighted by Gasteiger charge is 2.35. The minimum Gasteiger partial charge on any atom is -0.340 e. The molecule has 1 aliphatic rings. The van der Waals surface area contributed by atoms with Crippen LogP contribution in [0, 0.1) is 0 Å². The van der Waals surface area contributed by atoms with E-state index in [0.717, 1.165) is 46.4 Å². The van der Waals surface area contributed by atoms with E-state index >= 15 is 0 Å². The Hall–Kier alpha value is -2.15. The molecule has 0 saturated carbocycles. The van der Waals surface area contributed by atoms with E-state index in [1.165, 1.54) is 0 Å². The van der Waals surface area contributed by atoms with E-state index in [4.69, 9.17) is 0 Å². The molecule has 0 aliphatic carbocycles. The number of carbonyl (C=O) groups is 1. The number of nitrogens with one attached hydrogen (secondary N) is 2. The van der Waals surface area contributed by atoms with Crippen LogP contribution in [0.25, 0.3) is 11.0 Å². The number of H-pyrrole nitrogens is 2. The van der Waals surface area contributed by atoms with E-state index < -0.39 is 0 Å². The number of para-hydroxylation sites is 2. The standard InChI is InChI=1S/C18H20BrN5O/c1-10(2)15-14(19)16(23-22-15)18(25)24-9-5-8-13(24)17-20-11-6-3-4-7-12(11)21-17/h3-4,6-7,10,13H,5,8-9H2,1-2H3,(H,20,21)(H,22,23). The van der Waals surface area contributed by atoms with Crippen molar-refractivity contribution < 1.29 is 4.79 Å². The van der Waals surface area contributed by atoms with Crippen molar-refractivity contribution in [2.45, 2.75) is 38.6 Å². The monoisotopic (exact) mass is 401 g/mol. The van der Waals surface area contributed by atoms with Crippen LogP contribution in [0.15, 0.2) is 28.7 Å². The molecule has 0 bridgehead atoms. The molecule has 6 nitrogen and oxygen atoms in total. The van der Waals surface area contributed by atoms with Gasteiger partial charge >= 0.3 is 0 Å². The third-order valence-electron chi connectivity index (χ3n) is 4.75. The van der Waals surface area contributed by atoms with Crippen LogP contribution in [0.1, 0.15) is 60.7 Å². The van der Waals surface area contributed by atoms with Gasteiger partial charge in [0.15, 0.2) is 5.69 Å². The zero-order chi connectivity index (χ0) is 17.6. The fourth-order valence-electron chi connectivity index (χ4n) is 3.43. The van der Waals surface area contributed by atoms with E-state index in [9.17, 15) is 4.79 Å². The summed E-state index contributed by atoms with van der Waals surface area (Å²) in [4.78, 5) is 23.0. The first kappa shape index (κ1) is 16.3. The van der Waals surface area contributed by atoms with Gasteiger partial charge in [-0.3, -0.25) is 9.89 Å². The van der Waals surface area contributed by atoms with Crippen LogP contribution in [-0.2, 0) is 0 Å². The van der Waals surface area contributed by atoms with Gasteiger partial charge in [0.2, 0.25) is 0 Å². The molecule has 1 atom stereocenters. The first-order valence-corrected chi connectivity index (χ1v) is 9.35. The zero-order valence-corrected chi connectivity index (χ0v) is 15.8. The number of aromatic nitrogens is 4. The van der Waals surface area contributed by atoms with Crippen LogP contribution >= 0.6 is 15.9 Å². The zero-order valence-electron chi connectivity index (χ0n) is 14.2. The van der Waals surface area contributed by atoms with E-state index in [-0.39, 0.29) is 17.9 Å². The van der Waals surface area contributed by atoms with Crippen molar-refractivity contribution in [2.24, 2.45) is 0 Å². The summed E-state index contributed by atoms with van der Waals surface area (Å²) in [7, 11) is 0. The molecule has 2 aromatic heterocycles. The van der Waals surface area contributed by atoms with E-state index in [2.05, 4.69) is 49.9 Å². The molecule has 4 rings (SSSR count). The number of rotatable bonds is 3. The predicted molar refractivity (Wildman–Crippen MR) is 99.5 cm³/mol. The smallest absolute Gasteiger partial charge is 0.276 e. The van der Waals surface area contributed by atoms with Crippen LogP contribution in [0.5, 0.6) is 0 Å². The van der Waals surface area contributed by atoms with Gasteiger partial charge in [-0.2, -0.15) is 5.10 Å². The summed E-state index contributed by atoms with van der Waals surface area (Å²) in [5.41, 5.74) is 3.33. The third kappa shape index (κ3) is 2.76. The number of aromatic amines is 2. The fourth-order valence-corrected chi connectivity index (χ4v) is 4.23. The lowest BCUT2D eigenvalue weighted by Gasteiger charge is -2.22. The largest absolute Gasteiger partial charge is 0.340 e. The Morgan fingerprint density at radius 1 is 1.36 bits per heavy atom. The Kier molecular flexibility index (Phi) is 4.11. The quantitative estimate of drug-likeness (QED) is 0.691. The second-order valence-electron chi connectivity index (χ2n) is 6.75. The molecule has 0 radical (unpaired) electrons. The molecule has 3 heterocycles. The first-order valence-electron chi connectivity index (χ1n) is 8.55. The number of fused-ring (bicyclic) bond motifs is 1. The van der Waals surface area contributed by atoms with Gasteiger partial charge in [0, 0.05) is 6.54 Å². The Balaban J connectivity index is 1.66. The number of benzene rings is 1. The highest BCUT2D eigenvalue weighted by molar-refractivity contribution is 9.10. The van der Waals surface area contributed by atoms with Gasteiger partial charge in [-0.15, -0.1) is 0 Å². The van der Waals surface area contributed by atoms with Gasteiger partial charge in [-0.05, 0) is 46.8 Å². The van der Waals surface area contributed by atoms with E-state index in [0.29, 0.717) is 5.69 Å². The molecule has 1 amide bonds. The van der Waals surface area contributed by atoms with Crippen molar-refractivity contribution in [3.05, 3.63) is 46.0 Å². The summed E-state index contributed by atoms with van der Waals surface area (Å²) in [6.45, 7) is 4.86. The van der Waals surface area contributed by atoms with Crippen LogP contribution in [0.2, 0.25) is 0 Å². The Morgan fingerprint density at radius 3 is 2.88 bits per heavy atom. The van der Waals surface area contributed by atoms with Gasteiger partial charge in [0.05, 0.1) is 27.2 Å². The average molecular weight is 402 g/mol. The minimum atomic E-state index is -0.0574. The number of hydrogen-bond donors (Lipinski definition) is 2. The molecule has 1 aromatic carbocycles. The summed E-state index contributed by atoms with van der Waals surface area (Å²) in [6.07, 6.45) is 1.87. The summed E-state index contributed by atoms with van der Waals surface area (Å²) in [5, 5.41) is 7.24. The molecule has 1 aliphatic heterocycles. The van der Waals surface area contributed by atoms with Crippen molar-refractivity contribution in [3.63, 3.8) is 0 Å². The van der Waals surface area contributed by atoms with Gasteiger partial charge < -0.3 is 9.88 Å². The van der Waals surface area contributed by atoms with Crippen molar-refractivity contribution in [2.75, 3.05) is 6.54 Å². The van der Waals surface area contributed by atoms with Crippen LogP contribution in [0.4, 0.5) is 0 Å². The second kappa shape index (κ2) is 6.29. The third-order valence-corrected chi connectivity index (χ3v) is 5.55. The lowest BCUT2D eigenvalue weighted by Crippen LogP contribution is -2.31. The molecule has 130 valence electrons. The van der Waals surface area contributed by atoms with Crippen molar-refractivity contribution in [1.82, 2.24) is 25.1 Å². The van der Waals surface area contributed by atoms with Gasteiger partial charge in [-0.1, -0.05) is 26.0 Å². The van der Waals surface area contributed by atoms with Gasteiger partial charge in [0.1, 0.15) is 5.82 Å². The van der Waals surface area contributed by atoms with Crippen molar-refractivity contribution in [3.8, 4) is 0 Å². The highest BCUT2D eigenvalue weighted by atomic mass is 79.9. The lowest BCUT2D eigenvalue weighted by atomic mass is 10.1. The normalized spacial score (nSPS) is 17.8. The number of amides is 1. The summed E-state index contributed by atoms with van der Waals surface area (Å²) >= 11 is 3.54. The van der Waals surface area contributed by atoms with Crippen LogP contribution < -0.4 is 0 Å². The maximum Gasteiger partial charge on any atom is 0.276 e. The maximum atomic E-state index is 13.1. The number of likely N-dealkylation sites (tertiary alicyclic amines) is 1. The van der Waals surface area contributed by atoms with E-state index in [1.54, 1.807) is 0 Å². The Bertz CT molecular complexity index is 896. The van der Waals surface area contributed by atoms with Gasteiger partial charge in [-0.25, -0.2) is 4.98 Å².